The van der Waals surface area contributed by atoms with Crippen LogP contribution in [0, 0.1) is 5.82 Å². The Hall–Kier alpha value is -3.64. The first-order valence-corrected chi connectivity index (χ1v) is 11.7. The third-order valence-corrected chi connectivity index (χ3v) is 5.21. The SMILES string of the molecule is COc1c(N)cc(COC[C@@H](C)NC(=O)c2cnc3c(N(C)C(=O)OC(C)(C)C)cc(Cl)nn23)cc1F. The van der Waals surface area contributed by atoms with Crippen molar-refractivity contribution < 1.29 is 28.2 Å². The molecule has 0 saturated heterocycles. The molecule has 0 spiro atoms. The smallest absolute Gasteiger partial charge is 0.414 e. The fourth-order valence-electron chi connectivity index (χ4n) is 3.42. The molecule has 3 N–H and O–H groups in total. The molecule has 2 aromatic heterocycles. The van der Waals surface area contributed by atoms with Crippen molar-refractivity contribution in [1.82, 2.24) is 19.9 Å². The molecule has 1 aromatic carbocycles. The van der Waals surface area contributed by atoms with E-state index in [0.29, 0.717) is 11.3 Å². The molecule has 0 aliphatic carbocycles. The van der Waals surface area contributed by atoms with Gasteiger partial charge in [0, 0.05) is 19.2 Å². The topological polar surface area (TPSA) is 133 Å². The van der Waals surface area contributed by atoms with Crippen molar-refractivity contribution >= 4 is 40.6 Å². The number of nitrogens with zero attached hydrogens (tertiary/aromatic N) is 4. The number of nitrogens with two attached hydrogens (primary N) is 1. The summed E-state index contributed by atoms with van der Waals surface area (Å²) in [4.78, 5) is 31.0. The zero-order valence-electron chi connectivity index (χ0n) is 21.5. The molecule has 2 heterocycles. The molecule has 11 nitrogen and oxygen atoms in total. The lowest BCUT2D eigenvalue weighted by Crippen LogP contribution is -2.36. The number of halogens is 2. The summed E-state index contributed by atoms with van der Waals surface area (Å²) in [6.07, 6.45) is 0.714. The second-order valence-corrected chi connectivity index (χ2v) is 9.75. The van der Waals surface area contributed by atoms with Crippen LogP contribution in [-0.4, -0.2) is 59.0 Å². The van der Waals surface area contributed by atoms with E-state index in [-0.39, 0.29) is 41.1 Å². The summed E-state index contributed by atoms with van der Waals surface area (Å²) in [5.74, 6) is -1.09. The van der Waals surface area contributed by atoms with Crippen LogP contribution in [0.3, 0.4) is 0 Å². The van der Waals surface area contributed by atoms with Crippen molar-refractivity contribution in [3.05, 3.63) is 46.6 Å². The fraction of sp³-hybridized carbons (Fsp3) is 0.417. The van der Waals surface area contributed by atoms with Crippen LogP contribution in [0.4, 0.5) is 20.6 Å². The van der Waals surface area contributed by atoms with Crippen molar-refractivity contribution in [3.8, 4) is 5.75 Å². The van der Waals surface area contributed by atoms with Gasteiger partial charge in [0.2, 0.25) is 0 Å². The van der Waals surface area contributed by atoms with E-state index in [1.54, 1.807) is 33.8 Å². The van der Waals surface area contributed by atoms with Gasteiger partial charge >= 0.3 is 6.09 Å². The number of carbonyl (C=O) groups is 2. The van der Waals surface area contributed by atoms with Crippen molar-refractivity contribution in [2.75, 3.05) is 31.4 Å². The Labute approximate surface area is 218 Å². The number of fused-ring (bicyclic) bond motifs is 1. The van der Waals surface area contributed by atoms with Gasteiger partial charge in [0.1, 0.15) is 5.60 Å². The highest BCUT2D eigenvalue weighted by Gasteiger charge is 2.25. The number of carbonyl (C=O) groups excluding carboxylic acids is 2. The Balaban J connectivity index is 1.68. The number of hydrogen-bond donors (Lipinski definition) is 2. The quantitative estimate of drug-likeness (QED) is 0.415. The predicted octanol–water partition coefficient (Wildman–Crippen LogP) is 3.82. The Bertz CT molecular complexity index is 1290. The summed E-state index contributed by atoms with van der Waals surface area (Å²) in [5.41, 5.74) is 6.43. The summed E-state index contributed by atoms with van der Waals surface area (Å²) >= 11 is 6.18. The van der Waals surface area contributed by atoms with Crippen molar-refractivity contribution in [2.45, 2.75) is 45.9 Å². The maximum atomic E-state index is 14.0. The third kappa shape index (κ3) is 6.77. The van der Waals surface area contributed by atoms with Crippen LogP contribution >= 0.6 is 11.6 Å². The second-order valence-electron chi connectivity index (χ2n) is 9.36. The van der Waals surface area contributed by atoms with E-state index in [1.165, 1.54) is 41.9 Å². The molecule has 0 aliphatic heterocycles. The van der Waals surface area contributed by atoms with Gasteiger partial charge < -0.3 is 25.3 Å². The molecular weight excluding hydrogens is 507 g/mol. The van der Waals surface area contributed by atoms with Gasteiger partial charge in [0.25, 0.3) is 5.91 Å². The zero-order chi connectivity index (χ0) is 27.5. The molecule has 13 heteroatoms. The van der Waals surface area contributed by atoms with Gasteiger partial charge in [-0.15, -0.1) is 0 Å². The minimum Gasteiger partial charge on any atom is -0.492 e. The molecule has 0 unspecified atom stereocenters. The van der Waals surface area contributed by atoms with Crippen LogP contribution in [0.5, 0.6) is 5.75 Å². The number of benzene rings is 1. The van der Waals surface area contributed by atoms with Gasteiger partial charge in [0.15, 0.2) is 28.1 Å². The van der Waals surface area contributed by atoms with E-state index in [2.05, 4.69) is 15.4 Å². The normalized spacial score (nSPS) is 12.3. The van der Waals surface area contributed by atoms with Crippen LogP contribution in [0.1, 0.15) is 43.7 Å². The maximum Gasteiger partial charge on any atom is 0.414 e. The number of anilines is 2. The molecule has 0 radical (unpaired) electrons. The maximum absolute atomic E-state index is 14.0. The van der Waals surface area contributed by atoms with Gasteiger partial charge in [-0.05, 0) is 45.4 Å². The summed E-state index contributed by atoms with van der Waals surface area (Å²) in [6, 6.07) is 3.88. The molecule has 1 atom stereocenters. The molecular formula is C24H30ClFN6O5. The molecule has 37 heavy (non-hydrogen) atoms. The monoisotopic (exact) mass is 536 g/mol. The lowest BCUT2D eigenvalue weighted by atomic mass is 10.2. The number of nitrogens with one attached hydrogen (secondary N) is 1. The lowest BCUT2D eigenvalue weighted by molar-refractivity contribution is 0.0589. The first-order chi connectivity index (χ1) is 17.3. The van der Waals surface area contributed by atoms with Crippen molar-refractivity contribution in [2.24, 2.45) is 0 Å². The molecule has 3 rings (SSSR count). The fourth-order valence-corrected chi connectivity index (χ4v) is 3.60. The number of amides is 2. The Kier molecular flexibility index (Phi) is 8.44. The third-order valence-electron chi connectivity index (χ3n) is 5.03. The molecule has 0 saturated carbocycles. The molecule has 0 bridgehead atoms. The van der Waals surface area contributed by atoms with E-state index in [9.17, 15) is 14.0 Å². The number of rotatable bonds is 8. The van der Waals surface area contributed by atoms with E-state index in [0.717, 1.165) is 0 Å². The highest BCUT2D eigenvalue weighted by molar-refractivity contribution is 6.29. The first kappa shape index (κ1) is 27.9. The minimum absolute atomic E-state index is 0.0217. The number of ether oxygens (including phenoxy) is 3. The van der Waals surface area contributed by atoms with Crippen molar-refractivity contribution in [1.29, 1.82) is 0 Å². The van der Waals surface area contributed by atoms with Crippen LogP contribution < -0.4 is 20.7 Å². The largest absolute Gasteiger partial charge is 0.492 e. The van der Waals surface area contributed by atoms with Gasteiger partial charge in [0.05, 0.1) is 37.9 Å². The number of aromatic nitrogens is 3. The lowest BCUT2D eigenvalue weighted by Gasteiger charge is -2.24. The van der Waals surface area contributed by atoms with Gasteiger partial charge in [-0.2, -0.15) is 5.10 Å². The van der Waals surface area contributed by atoms with Crippen LogP contribution in [0.2, 0.25) is 5.15 Å². The minimum atomic E-state index is -0.703. The summed E-state index contributed by atoms with van der Waals surface area (Å²) in [6.45, 7) is 7.21. The van der Waals surface area contributed by atoms with Gasteiger partial charge in [-0.3, -0.25) is 9.69 Å². The van der Waals surface area contributed by atoms with E-state index in [1.807, 2.05) is 0 Å². The average molecular weight is 537 g/mol. The zero-order valence-corrected chi connectivity index (χ0v) is 22.2. The van der Waals surface area contributed by atoms with E-state index < -0.39 is 29.5 Å². The second kappa shape index (κ2) is 11.2. The standard InChI is InChI=1S/C24H30ClFN6O5/c1-13(11-36-12-14-7-15(26)20(35-6)16(27)8-14)29-22(33)18-10-28-21-17(9-19(25)30-32(18)21)31(5)23(34)37-24(2,3)4/h7-10,13H,11-12,27H2,1-6H3,(H,29,33)/t13-/m1/s1. The van der Waals surface area contributed by atoms with E-state index in [4.69, 9.17) is 31.5 Å². The first-order valence-electron chi connectivity index (χ1n) is 11.3. The van der Waals surface area contributed by atoms with Gasteiger partial charge in [-0.1, -0.05) is 11.6 Å². The molecule has 3 aromatic rings. The summed E-state index contributed by atoms with van der Waals surface area (Å²) in [5, 5.41) is 7.00. The molecule has 0 aliphatic rings. The van der Waals surface area contributed by atoms with E-state index >= 15 is 0 Å². The highest BCUT2D eigenvalue weighted by atomic mass is 35.5. The summed E-state index contributed by atoms with van der Waals surface area (Å²) in [7, 11) is 2.85. The number of imidazole rings is 1. The van der Waals surface area contributed by atoms with Crippen LogP contribution in [0.25, 0.3) is 5.65 Å². The number of nitrogen functional groups attached to an aromatic ring is 1. The molecule has 2 amide bonds. The number of hydrogen-bond acceptors (Lipinski definition) is 8. The molecule has 200 valence electrons. The Morgan fingerprint density at radius 1 is 1.30 bits per heavy atom. The Morgan fingerprint density at radius 2 is 2.00 bits per heavy atom. The average Bonchev–Trinajstić information content (AvgIpc) is 3.20. The molecule has 0 fully saturated rings. The van der Waals surface area contributed by atoms with Gasteiger partial charge in [-0.25, -0.2) is 18.7 Å². The predicted molar refractivity (Wildman–Crippen MR) is 137 cm³/mol. The number of methoxy groups -OCH3 is 1. The highest BCUT2D eigenvalue weighted by Crippen LogP contribution is 2.27. The Morgan fingerprint density at radius 3 is 2.62 bits per heavy atom. The summed E-state index contributed by atoms with van der Waals surface area (Å²) < 4.78 is 31.2. The van der Waals surface area contributed by atoms with Crippen LogP contribution in [-0.2, 0) is 16.1 Å². The van der Waals surface area contributed by atoms with Crippen molar-refractivity contribution in [3.63, 3.8) is 0 Å². The van der Waals surface area contributed by atoms with Crippen LogP contribution in [0.15, 0.2) is 24.4 Å².